The maximum Gasteiger partial charge on any atom is 0.264 e. The fourth-order valence-electron chi connectivity index (χ4n) is 3.50. The SMILES string of the molecule is Cc1ccc(S(=O)(=O)N(CC(=O)NCCCc2ccc(Cl)cc2)c2cccc(C)c2C)cc1. The molecule has 0 aliphatic heterocycles. The quantitative estimate of drug-likeness (QED) is 0.424. The van der Waals surface area contributed by atoms with Gasteiger partial charge >= 0.3 is 0 Å². The third kappa shape index (κ3) is 6.36. The molecule has 0 fully saturated rings. The Morgan fingerprint density at radius 2 is 1.61 bits per heavy atom. The molecule has 0 spiro atoms. The molecule has 1 N–H and O–H groups in total. The van der Waals surface area contributed by atoms with Gasteiger partial charge in [0.1, 0.15) is 6.54 Å². The van der Waals surface area contributed by atoms with Gasteiger partial charge < -0.3 is 5.32 Å². The van der Waals surface area contributed by atoms with Crippen LogP contribution in [0.2, 0.25) is 5.02 Å². The van der Waals surface area contributed by atoms with Crippen LogP contribution >= 0.6 is 11.6 Å². The lowest BCUT2D eigenvalue weighted by Gasteiger charge is -2.26. The Morgan fingerprint density at radius 1 is 0.939 bits per heavy atom. The molecule has 3 aromatic rings. The fourth-order valence-corrected chi connectivity index (χ4v) is 5.11. The van der Waals surface area contributed by atoms with E-state index in [0.717, 1.165) is 35.1 Å². The maximum atomic E-state index is 13.5. The molecule has 3 rings (SSSR count). The number of halogens is 1. The van der Waals surface area contributed by atoms with Gasteiger partial charge in [0.25, 0.3) is 10.0 Å². The van der Waals surface area contributed by atoms with Crippen LogP contribution in [-0.2, 0) is 21.2 Å². The molecule has 33 heavy (non-hydrogen) atoms. The van der Waals surface area contributed by atoms with Crippen LogP contribution in [0.1, 0.15) is 28.7 Å². The molecule has 0 radical (unpaired) electrons. The summed E-state index contributed by atoms with van der Waals surface area (Å²) in [6, 6.07) is 19.7. The summed E-state index contributed by atoms with van der Waals surface area (Å²) >= 11 is 5.91. The van der Waals surface area contributed by atoms with Crippen LogP contribution < -0.4 is 9.62 Å². The van der Waals surface area contributed by atoms with Crippen molar-refractivity contribution < 1.29 is 13.2 Å². The lowest BCUT2D eigenvalue weighted by molar-refractivity contribution is -0.119. The summed E-state index contributed by atoms with van der Waals surface area (Å²) in [5.41, 5.74) is 4.38. The van der Waals surface area contributed by atoms with Gasteiger partial charge in [-0.1, -0.05) is 53.6 Å². The Labute approximate surface area is 201 Å². The van der Waals surface area contributed by atoms with Gasteiger partial charge in [-0.3, -0.25) is 9.10 Å². The van der Waals surface area contributed by atoms with E-state index in [1.54, 1.807) is 36.4 Å². The molecule has 1 amide bonds. The van der Waals surface area contributed by atoms with Crippen molar-refractivity contribution in [3.05, 3.63) is 94.0 Å². The Bertz CT molecular complexity index is 1210. The van der Waals surface area contributed by atoms with Crippen LogP contribution in [0.4, 0.5) is 5.69 Å². The minimum Gasteiger partial charge on any atom is -0.355 e. The number of nitrogens with zero attached hydrogens (tertiary/aromatic N) is 1. The number of hydrogen-bond donors (Lipinski definition) is 1. The number of carbonyl (C=O) groups excluding carboxylic acids is 1. The van der Waals surface area contributed by atoms with Crippen molar-refractivity contribution in [2.75, 3.05) is 17.4 Å². The van der Waals surface area contributed by atoms with Gasteiger partial charge in [0.15, 0.2) is 0 Å². The van der Waals surface area contributed by atoms with E-state index in [9.17, 15) is 13.2 Å². The van der Waals surface area contributed by atoms with Gasteiger partial charge in [-0.2, -0.15) is 0 Å². The largest absolute Gasteiger partial charge is 0.355 e. The Morgan fingerprint density at radius 3 is 2.27 bits per heavy atom. The summed E-state index contributed by atoms with van der Waals surface area (Å²) in [7, 11) is -3.92. The molecule has 0 aliphatic rings. The second kappa shape index (κ2) is 10.9. The first-order valence-corrected chi connectivity index (χ1v) is 12.7. The van der Waals surface area contributed by atoms with Crippen molar-refractivity contribution in [2.45, 2.75) is 38.5 Å². The first kappa shape index (κ1) is 24.8. The van der Waals surface area contributed by atoms with E-state index in [4.69, 9.17) is 11.6 Å². The number of nitrogens with one attached hydrogen (secondary N) is 1. The molecule has 0 bridgehead atoms. The zero-order valence-electron chi connectivity index (χ0n) is 19.1. The molecular formula is C26H29ClN2O3S. The van der Waals surface area contributed by atoms with Gasteiger partial charge in [-0.25, -0.2) is 8.42 Å². The highest BCUT2D eigenvalue weighted by Crippen LogP contribution is 2.28. The Hall–Kier alpha value is -2.83. The minimum absolute atomic E-state index is 0.157. The van der Waals surface area contributed by atoms with Gasteiger partial charge in [-0.05, 0) is 80.6 Å². The number of rotatable bonds is 9. The first-order chi connectivity index (χ1) is 15.7. The number of anilines is 1. The van der Waals surface area contributed by atoms with Crippen LogP contribution in [-0.4, -0.2) is 27.4 Å². The highest BCUT2D eigenvalue weighted by atomic mass is 35.5. The van der Waals surface area contributed by atoms with Crippen LogP contribution in [0.25, 0.3) is 0 Å². The molecule has 174 valence electrons. The Kier molecular flexibility index (Phi) is 8.16. The summed E-state index contributed by atoms with van der Waals surface area (Å²) in [6.45, 7) is 5.85. The molecule has 0 unspecified atom stereocenters. The highest BCUT2D eigenvalue weighted by Gasteiger charge is 2.28. The fraction of sp³-hybridized carbons (Fsp3) is 0.269. The molecule has 0 saturated heterocycles. The standard InChI is InChI=1S/C26H29ClN2O3S/c1-19-9-15-24(16-10-19)33(31,32)29(25-8-4-6-20(2)21(25)3)18-26(30)28-17-5-7-22-11-13-23(27)14-12-22/h4,6,8-16H,5,7,17-18H2,1-3H3,(H,28,30). The average Bonchev–Trinajstić information content (AvgIpc) is 2.78. The van der Waals surface area contributed by atoms with E-state index >= 15 is 0 Å². The molecule has 7 heteroatoms. The molecule has 3 aromatic carbocycles. The van der Waals surface area contributed by atoms with E-state index in [2.05, 4.69) is 5.32 Å². The summed E-state index contributed by atoms with van der Waals surface area (Å²) in [5.74, 6) is -0.345. The number of amides is 1. The minimum atomic E-state index is -3.92. The summed E-state index contributed by atoms with van der Waals surface area (Å²) in [6.07, 6.45) is 1.53. The van der Waals surface area contributed by atoms with Crippen molar-refractivity contribution in [3.63, 3.8) is 0 Å². The lowest BCUT2D eigenvalue weighted by Crippen LogP contribution is -2.41. The topological polar surface area (TPSA) is 66.5 Å². The highest BCUT2D eigenvalue weighted by molar-refractivity contribution is 7.92. The second-order valence-corrected chi connectivity index (χ2v) is 10.4. The zero-order chi connectivity index (χ0) is 24.0. The molecule has 0 heterocycles. The summed E-state index contributed by atoms with van der Waals surface area (Å²) in [5, 5.41) is 3.55. The monoisotopic (exact) mass is 484 g/mol. The van der Waals surface area contributed by atoms with E-state index in [1.165, 1.54) is 4.31 Å². The third-order valence-electron chi connectivity index (χ3n) is 5.62. The maximum absolute atomic E-state index is 13.5. The molecular weight excluding hydrogens is 456 g/mol. The van der Waals surface area contributed by atoms with Crippen LogP contribution in [0, 0.1) is 20.8 Å². The van der Waals surface area contributed by atoms with Crippen molar-refractivity contribution in [1.82, 2.24) is 5.32 Å². The van der Waals surface area contributed by atoms with Crippen molar-refractivity contribution in [2.24, 2.45) is 0 Å². The average molecular weight is 485 g/mol. The Balaban J connectivity index is 1.75. The van der Waals surface area contributed by atoms with Gasteiger partial charge in [-0.15, -0.1) is 0 Å². The van der Waals surface area contributed by atoms with Crippen molar-refractivity contribution in [3.8, 4) is 0 Å². The predicted octanol–water partition coefficient (Wildman–Crippen LogP) is 5.21. The molecule has 0 aromatic heterocycles. The third-order valence-corrected chi connectivity index (χ3v) is 7.64. The lowest BCUT2D eigenvalue weighted by atomic mass is 10.1. The smallest absolute Gasteiger partial charge is 0.264 e. The van der Waals surface area contributed by atoms with E-state index < -0.39 is 10.0 Å². The molecule has 0 saturated carbocycles. The van der Waals surface area contributed by atoms with Crippen LogP contribution in [0.15, 0.2) is 71.6 Å². The first-order valence-electron chi connectivity index (χ1n) is 10.9. The van der Waals surface area contributed by atoms with Gasteiger partial charge in [0.05, 0.1) is 10.6 Å². The van der Waals surface area contributed by atoms with Crippen molar-refractivity contribution >= 4 is 33.2 Å². The van der Waals surface area contributed by atoms with Gasteiger partial charge in [0, 0.05) is 11.6 Å². The van der Waals surface area contributed by atoms with Gasteiger partial charge in [0.2, 0.25) is 5.91 Å². The molecule has 0 aliphatic carbocycles. The van der Waals surface area contributed by atoms with E-state index in [1.807, 2.05) is 51.1 Å². The van der Waals surface area contributed by atoms with Crippen molar-refractivity contribution in [1.29, 1.82) is 0 Å². The predicted molar refractivity (Wildman–Crippen MR) is 134 cm³/mol. The second-order valence-electron chi connectivity index (χ2n) is 8.12. The normalized spacial score (nSPS) is 11.3. The van der Waals surface area contributed by atoms with E-state index in [-0.39, 0.29) is 17.3 Å². The molecule has 5 nitrogen and oxygen atoms in total. The van der Waals surface area contributed by atoms with Crippen LogP contribution in [0.5, 0.6) is 0 Å². The number of hydrogen-bond acceptors (Lipinski definition) is 3. The van der Waals surface area contributed by atoms with Crippen LogP contribution in [0.3, 0.4) is 0 Å². The number of benzene rings is 3. The number of aryl methyl sites for hydroxylation is 3. The summed E-state index contributed by atoms with van der Waals surface area (Å²) in [4.78, 5) is 12.9. The number of sulfonamides is 1. The molecule has 0 atom stereocenters. The summed E-state index contributed by atoms with van der Waals surface area (Å²) < 4.78 is 28.2. The zero-order valence-corrected chi connectivity index (χ0v) is 20.7. The van der Waals surface area contributed by atoms with E-state index in [0.29, 0.717) is 17.3 Å². The number of carbonyl (C=O) groups is 1.